The second-order valence-electron chi connectivity index (χ2n) is 6.41. The van der Waals surface area contributed by atoms with Gasteiger partial charge in [-0.1, -0.05) is 6.42 Å². The Morgan fingerprint density at radius 3 is 2.78 bits per heavy atom. The van der Waals surface area contributed by atoms with Crippen LogP contribution in [0.5, 0.6) is 0 Å². The van der Waals surface area contributed by atoms with E-state index in [0.717, 1.165) is 13.0 Å². The van der Waals surface area contributed by atoms with Crippen molar-refractivity contribution in [1.29, 1.82) is 0 Å². The largest absolute Gasteiger partial charge is 0.379 e. The van der Waals surface area contributed by atoms with Crippen LogP contribution in [-0.4, -0.2) is 42.4 Å². The normalized spacial score (nSPS) is 24.9. The number of hydrogen-bond donors (Lipinski definition) is 1. The number of ether oxygens (including phenoxy) is 2. The number of rotatable bonds is 6. The summed E-state index contributed by atoms with van der Waals surface area (Å²) in [6, 6.07) is 2.90. The quantitative estimate of drug-likeness (QED) is 0.847. The molecule has 6 heteroatoms. The van der Waals surface area contributed by atoms with Crippen LogP contribution in [0.25, 0.3) is 0 Å². The summed E-state index contributed by atoms with van der Waals surface area (Å²) in [7, 11) is 0. The summed E-state index contributed by atoms with van der Waals surface area (Å²) >= 11 is 0. The van der Waals surface area contributed by atoms with Crippen molar-refractivity contribution in [3.05, 3.63) is 34.7 Å². The molecule has 1 aromatic heterocycles. The molecule has 1 aliphatic heterocycles. The Kier molecular flexibility index (Phi) is 5.46. The zero-order valence-corrected chi connectivity index (χ0v) is 13.3. The highest BCUT2D eigenvalue weighted by molar-refractivity contribution is 5.76. The van der Waals surface area contributed by atoms with Gasteiger partial charge in [0, 0.05) is 37.7 Å². The van der Waals surface area contributed by atoms with E-state index in [0.29, 0.717) is 19.1 Å². The van der Waals surface area contributed by atoms with Gasteiger partial charge in [-0.15, -0.1) is 0 Å². The molecule has 2 atom stereocenters. The number of pyridine rings is 1. The maximum absolute atomic E-state index is 12.2. The van der Waals surface area contributed by atoms with Crippen molar-refractivity contribution in [2.24, 2.45) is 5.92 Å². The highest BCUT2D eigenvalue weighted by atomic mass is 16.5. The van der Waals surface area contributed by atoms with E-state index in [9.17, 15) is 9.59 Å². The second kappa shape index (κ2) is 7.75. The Bertz CT molecular complexity index is 562. The lowest BCUT2D eigenvalue weighted by atomic mass is 9.86. The molecule has 2 fully saturated rings. The molecule has 2 aliphatic rings. The molecule has 1 N–H and O–H groups in total. The SMILES string of the molecule is O=C(Cn1ccc(=O)cc1)N[C@@H]1CCOC[C@H]1OCC1CCC1. The van der Waals surface area contributed by atoms with Crippen molar-refractivity contribution in [2.45, 2.75) is 44.4 Å². The fourth-order valence-electron chi connectivity index (χ4n) is 2.93. The summed E-state index contributed by atoms with van der Waals surface area (Å²) in [5.41, 5.74) is -0.0597. The van der Waals surface area contributed by atoms with Crippen LogP contribution in [0.1, 0.15) is 25.7 Å². The third kappa shape index (κ3) is 4.65. The van der Waals surface area contributed by atoms with Gasteiger partial charge < -0.3 is 19.4 Å². The predicted octanol–water partition coefficient (Wildman–Crippen LogP) is 0.939. The van der Waals surface area contributed by atoms with E-state index in [1.807, 2.05) is 0 Å². The minimum atomic E-state index is -0.0715. The maximum atomic E-state index is 12.2. The smallest absolute Gasteiger partial charge is 0.240 e. The molecule has 1 saturated carbocycles. The van der Waals surface area contributed by atoms with Gasteiger partial charge in [0.25, 0.3) is 0 Å². The summed E-state index contributed by atoms with van der Waals surface area (Å²) in [5, 5.41) is 3.05. The number of hydrogen-bond acceptors (Lipinski definition) is 4. The van der Waals surface area contributed by atoms with Gasteiger partial charge in [-0.25, -0.2) is 0 Å². The molecule has 3 rings (SSSR count). The molecule has 0 bridgehead atoms. The summed E-state index contributed by atoms with van der Waals surface area (Å²) in [4.78, 5) is 23.3. The Balaban J connectivity index is 1.49. The first-order valence-electron chi connectivity index (χ1n) is 8.35. The number of carbonyl (C=O) groups excluding carboxylic acids is 1. The van der Waals surface area contributed by atoms with Crippen molar-refractivity contribution in [1.82, 2.24) is 9.88 Å². The fourth-order valence-corrected chi connectivity index (χ4v) is 2.93. The van der Waals surface area contributed by atoms with Gasteiger partial charge in [-0.3, -0.25) is 9.59 Å². The minimum absolute atomic E-state index is 0.00397. The molecule has 1 saturated heterocycles. The van der Waals surface area contributed by atoms with Gasteiger partial charge in [0.15, 0.2) is 5.43 Å². The molecule has 0 spiro atoms. The molecule has 0 aromatic carbocycles. The third-order valence-electron chi connectivity index (χ3n) is 4.61. The van der Waals surface area contributed by atoms with E-state index in [1.165, 1.54) is 31.4 Å². The number of aromatic nitrogens is 1. The van der Waals surface area contributed by atoms with Crippen LogP contribution in [0.15, 0.2) is 29.3 Å². The first kappa shape index (κ1) is 16.2. The van der Waals surface area contributed by atoms with Gasteiger partial charge in [-0.2, -0.15) is 0 Å². The van der Waals surface area contributed by atoms with Crippen molar-refractivity contribution in [3.63, 3.8) is 0 Å². The average Bonchev–Trinajstić information content (AvgIpc) is 2.50. The maximum Gasteiger partial charge on any atom is 0.240 e. The van der Waals surface area contributed by atoms with Crippen LogP contribution in [0.3, 0.4) is 0 Å². The van der Waals surface area contributed by atoms with Crippen molar-refractivity contribution in [2.75, 3.05) is 19.8 Å². The Labute approximate surface area is 135 Å². The molecule has 0 radical (unpaired) electrons. The molecule has 126 valence electrons. The minimum Gasteiger partial charge on any atom is -0.379 e. The fraction of sp³-hybridized carbons (Fsp3) is 0.647. The summed E-state index contributed by atoms with van der Waals surface area (Å²) in [5.74, 6) is 0.604. The lowest BCUT2D eigenvalue weighted by molar-refractivity contribution is -0.127. The first-order valence-corrected chi connectivity index (χ1v) is 8.35. The van der Waals surface area contributed by atoms with E-state index >= 15 is 0 Å². The Morgan fingerprint density at radius 1 is 1.30 bits per heavy atom. The van der Waals surface area contributed by atoms with Crippen LogP contribution in [0.4, 0.5) is 0 Å². The first-order chi connectivity index (χ1) is 11.2. The lowest BCUT2D eigenvalue weighted by Gasteiger charge is -2.34. The van der Waals surface area contributed by atoms with E-state index in [-0.39, 0.29) is 30.0 Å². The third-order valence-corrected chi connectivity index (χ3v) is 4.61. The molecule has 2 heterocycles. The number of nitrogens with zero attached hydrogens (tertiary/aromatic N) is 1. The topological polar surface area (TPSA) is 69.6 Å². The van der Waals surface area contributed by atoms with E-state index < -0.39 is 0 Å². The highest BCUT2D eigenvalue weighted by Crippen LogP contribution is 2.27. The van der Waals surface area contributed by atoms with Gasteiger partial charge >= 0.3 is 0 Å². The van der Waals surface area contributed by atoms with Gasteiger partial charge in [0.05, 0.1) is 12.6 Å². The second-order valence-corrected chi connectivity index (χ2v) is 6.41. The molecule has 1 aromatic rings. The Hall–Kier alpha value is -1.66. The lowest BCUT2D eigenvalue weighted by Crippen LogP contribution is -2.51. The highest BCUT2D eigenvalue weighted by Gasteiger charge is 2.29. The molecular weight excluding hydrogens is 296 g/mol. The van der Waals surface area contributed by atoms with Gasteiger partial charge in [-0.05, 0) is 25.2 Å². The van der Waals surface area contributed by atoms with Crippen molar-refractivity contribution >= 4 is 5.91 Å². The summed E-state index contributed by atoms with van der Waals surface area (Å²) in [6.07, 6.45) is 7.74. The molecule has 6 nitrogen and oxygen atoms in total. The Morgan fingerprint density at radius 2 is 2.09 bits per heavy atom. The molecule has 1 amide bonds. The molecule has 23 heavy (non-hydrogen) atoms. The predicted molar refractivity (Wildman–Crippen MR) is 85.1 cm³/mol. The number of nitrogens with one attached hydrogen (secondary N) is 1. The zero-order chi connectivity index (χ0) is 16.1. The number of carbonyl (C=O) groups is 1. The van der Waals surface area contributed by atoms with Crippen LogP contribution in [-0.2, 0) is 20.8 Å². The van der Waals surface area contributed by atoms with Gasteiger partial charge in [0.1, 0.15) is 12.6 Å². The van der Waals surface area contributed by atoms with Crippen molar-refractivity contribution in [3.8, 4) is 0 Å². The molecular formula is C17H24N2O4. The van der Waals surface area contributed by atoms with Crippen molar-refractivity contribution < 1.29 is 14.3 Å². The average molecular weight is 320 g/mol. The summed E-state index contributed by atoms with van der Waals surface area (Å²) < 4.78 is 13.2. The standard InChI is InChI=1S/C17H24N2O4/c20-14-4-7-19(8-5-14)10-17(21)18-15-6-9-22-12-16(15)23-11-13-2-1-3-13/h4-5,7-8,13,15-16H,1-3,6,9-12H2,(H,18,21)/t15-,16-/m1/s1. The van der Waals surface area contributed by atoms with Crippen LogP contribution < -0.4 is 10.7 Å². The number of amides is 1. The zero-order valence-electron chi connectivity index (χ0n) is 13.3. The van der Waals surface area contributed by atoms with Gasteiger partial charge in [0.2, 0.25) is 5.91 Å². The van der Waals surface area contributed by atoms with Crippen LogP contribution in [0, 0.1) is 5.92 Å². The molecule has 1 aliphatic carbocycles. The van der Waals surface area contributed by atoms with E-state index in [4.69, 9.17) is 9.47 Å². The van der Waals surface area contributed by atoms with Crippen LogP contribution >= 0.6 is 0 Å². The van der Waals surface area contributed by atoms with E-state index in [2.05, 4.69) is 5.32 Å². The molecule has 0 unspecified atom stereocenters. The van der Waals surface area contributed by atoms with E-state index in [1.54, 1.807) is 17.0 Å². The summed E-state index contributed by atoms with van der Waals surface area (Å²) in [6.45, 7) is 2.15. The monoisotopic (exact) mass is 320 g/mol. The van der Waals surface area contributed by atoms with Crippen LogP contribution in [0.2, 0.25) is 0 Å².